The van der Waals surface area contributed by atoms with Crippen LogP contribution in [0.25, 0.3) is 0 Å². The van der Waals surface area contributed by atoms with E-state index in [-0.39, 0.29) is 11.9 Å². The molecule has 0 spiro atoms. The highest BCUT2D eigenvalue weighted by Crippen LogP contribution is 2.21. The summed E-state index contributed by atoms with van der Waals surface area (Å²) in [6.45, 7) is 2.68. The van der Waals surface area contributed by atoms with Crippen LogP contribution in [0.1, 0.15) is 29.9 Å². The number of furan rings is 1. The lowest BCUT2D eigenvalue weighted by atomic mass is 10.1. The smallest absolute Gasteiger partial charge is 0.173 e. The number of amidine groups is 1. The number of nitrogens with zero attached hydrogens (tertiary/aromatic N) is 1. The second-order valence-electron chi connectivity index (χ2n) is 4.64. The van der Waals surface area contributed by atoms with Gasteiger partial charge in [-0.05, 0) is 36.8 Å². The Kier molecular flexibility index (Phi) is 4.84. The molecule has 0 saturated carbocycles. The highest BCUT2D eigenvalue weighted by atomic mass is 16.5. The van der Waals surface area contributed by atoms with Gasteiger partial charge < -0.3 is 25.4 Å². The summed E-state index contributed by atoms with van der Waals surface area (Å²) >= 11 is 0. The zero-order valence-electron chi connectivity index (χ0n) is 12.0. The highest BCUT2D eigenvalue weighted by molar-refractivity contribution is 5.99. The summed E-state index contributed by atoms with van der Waals surface area (Å²) in [4.78, 5) is 0. The Bertz CT molecular complexity index is 609. The minimum atomic E-state index is 0.0234. The van der Waals surface area contributed by atoms with Crippen molar-refractivity contribution >= 4 is 5.84 Å². The van der Waals surface area contributed by atoms with Gasteiger partial charge in [-0.3, -0.25) is 0 Å². The van der Waals surface area contributed by atoms with Crippen LogP contribution in [-0.4, -0.2) is 18.2 Å². The molecule has 112 valence electrons. The molecule has 1 atom stereocenters. The Hall–Kier alpha value is -2.47. The lowest BCUT2D eigenvalue weighted by Gasteiger charge is -2.13. The van der Waals surface area contributed by atoms with E-state index < -0.39 is 0 Å². The molecule has 1 unspecified atom stereocenters. The molecule has 0 fully saturated rings. The number of nitrogens with one attached hydrogen (secondary N) is 1. The summed E-state index contributed by atoms with van der Waals surface area (Å²) in [5.74, 6) is 1.47. The Morgan fingerprint density at radius 2 is 2.29 bits per heavy atom. The summed E-state index contributed by atoms with van der Waals surface area (Å²) < 4.78 is 10.6. The molecule has 1 heterocycles. The molecule has 0 aliphatic carbocycles. The van der Waals surface area contributed by atoms with E-state index in [0.29, 0.717) is 17.9 Å². The van der Waals surface area contributed by atoms with Gasteiger partial charge in [0.25, 0.3) is 0 Å². The molecule has 2 rings (SSSR count). The predicted molar refractivity (Wildman–Crippen MR) is 79.5 cm³/mol. The van der Waals surface area contributed by atoms with Crippen LogP contribution in [0.4, 0.5) is 0 Å². The second-order valence-corrected chi connectivity index (χ2v) is 4.64. The minimum Gasteiger partial charge on any atom is -0.496 e. The highest BCUT2D eigenvalue weighted by Gasteiger charge is 2.11. The van der Waals surface area contributed by atoms with Crippen molar-refractivity contribution in [3.63, 3.8) is 0 Å². The van der Waals surface area contributed by atoms with E-state index in [2.05, 4.69) is 10.5 Å². The van der Waals surface area contributed by atoms with Crippen molar-refractivity contribution in [2.75, 3.05) is 7.11 Å². The van der Waals surface area contributed by atoms with Crippen LogP contribution >= 0.6 is 0 Å². The number of ether oxygens (including phenoxy) is 1. The molecule has 6 heteroatoms. The fourth-order valence-electron chi connectivity index (χ4n) is 2.02. The maximum atomic E-state index is 8.74. The molecule has 0 amide bonds. The number of hydrogen-bond donors (Lipinski definition) is 3. The molecule has 0 bridgehead atoms. The van der Waals surface area contributed by atoms with E-state index in [1.54, 1.807) is 19.4 Å². The standard InChI is InChI=1S/C15H19N3O3/c1-10(13-4-3-7-21-13)17-9-11-5-6-12(15(16)18-19)14(8-11)20-2/h3-8,10,17,19H,9H2,1-2H3,(H2,16,18). The van der Waals surface area contributed by atoms with Crippen LogP contribution in [0.2, 0.25) is 0 Å². The average Bonchev–Trinajstić information content (AvgIpc) is 3.06. The number of hydrogen-bond acceptors (Lipinski definition) is 5. The van der Waals surface area contributed by atoms with E-state index in [0.717, 1.165) is 11.3 Å². The molecule has 6 nitrogen and oxygen atoms in total. The molecule has 21 heavy (non-hydrogen) atoms. The molecule has 0 saturated heterocycles. The molecule has 2 aromatic rings. The van der Waals surface area contributed by atoms with E-state index >= 15 is 0 Å². The summed E-state index contributed by atoms with van der Waals surface area (Å²) in [5.41, 5.74) is 7.18. The molecule has 1 aromatic carbocycles. The largest absolute Gasteiger partial charge is 0.496 e. The Balaban J connectivity index is 2.07. The van der Waals surface area contributed by atoms with Crippen molar-refractivity contribution in [3.8, 4) is 5.75 Å². The summed E-state index contributed by atoms with van der Waals surface area (Å²) in [6.07, 6.45) is 1.66. The maximum Gasteiger partial charge on any atom is 0.173 e. The van der Waals surface area contributed by atoms with Crippen molar-refractivity contribution in [2.24, 2.45) is 10.9 Å². The Labute approximate surface area is 123 Å². The summed E-state index contributed by atoms with van der Waals surface area (Å²) in [7, 11) is 1.55. The monoisotopic (exact) mass is 289 g/mol. The van der Waals surface area contributed by atoms with Crippen molar-refractivity contribution in [2.45, 2.75) is 19.5 Å². The minimum absolute atomic E-state index is 0.0234. The van der Waals surface area contributed by atoms with Crippen LogP contribution in [0, 0.1) is 0 Å². The number of nitrogens with two attached hydrogens (primary N) is 1. The van der Waals surface area contributed by atoms with Crippen molar-refractivity contribution in [1.82, 2.24) is 5.32 Å². The molecule has 0 radical (unpaired) electrons. The molecule has 4 N–H and O–H groups in total. The van der Waals surface area contributed by atoms with Crippen molar-refractivity contribution < 1.29 is 14.4 Å². The van der Waals surface area contributed by atoms with Gasteiger partial charge in [-0.15, -0.1) is 0 Å². The van der Waals surface area contributed by atoms with Gasteiger partial charge in [-0.1, -0.05) is 11.2 Å². The van der Waals surface area contributed by atoms with Crippen LogP contribution in [0.3, 0.4) is 0 Å². The normalized spacial score (nSPS) is 13.1. The molecular weight excluding hydrogens is 270 g/mol. The van der Waals surface area contributed by atoms with Crippen LogP contribution in [0.15, 0.2) is 46.2 Å². The Morgan fingerprint density at radius 1 is 1.48 bits per heavy atom. The topological polar surface area (TPSA) is 93.0 Å². The SMILES string of the molecule is COc1cc(CNC(C)c2ccco2)ccc1/C(N)=N/O. The van der Waals surface area contributed by atoms with Gasteiger partial charge in [0.2, 0.25) is 0 Å². The quantitative estimate of drug-likeness (QED) is 0.328. The summed E-state index contributed by atoms with van der Waals surface area (Å²) in [6, 6.07) is 9.42. The fourth-order valence-corrected chi connectivity index (χ4v) is 2.02. The first-order valence-corrected chi connectivity index (χ1v) is 6.57. The van der Waals surface area contributed by atoms with Gasteiger partial charge in [-0.25, -0.2) is 0 Å². The van der Waals surface area contributed by atoms with Gasteiger partial charge in [-0.2, -0.15) is 0 Å². The average molecular weight is 289 g/mol. The van der Waals surface area contributed by atoms with Gasteiger partial charge >= 0.3 is 0 Å². The molecular formula is C15H19N3O3. The van der Waals surface area contributed by atoms with E-state index in [1.807, 2.05) is 31.2 Å². The first-order chi connectivity index (χ1) is 10.2. The van der Waals surface area contributed by atoms with E-state index in [9.17, 15) is 0 Å². The number of oxime groups is 1. The molecule has 1 aromatic heterocycles. The van der Waals surface area contributed by atoms with Gasteiger partial charge in [0.15, 0.2) is 5.84 Å². The summed E-state index contributed by atoms with van der Waals surface area (Å²) in [5, 5.41) is 15.1. The van der Waals surface area contributed by atoms with Crippen molar-refractivity contribution in [3.05, 3.63) is 53.5 Å². The van der Waals surface area contributed by atoms with Crippen molar-refractivity contribution in [1.29, 1.82) is 0 Å². The van der Waals surface area contributed by atoms with Gasteiger partial charge in [0, 0.05) is 6.54 Å². The van der Waals surface area contributed by atoms with E-state index in [4.69, 9.17) is 20.1 Å². The number of methoxy groups -OCH3 is 1. The van der Waals surface area contributed by atoms with Crippen LogP contribution in [0.5, 0.6) is 5.75 Å². The lowest BCUT2D eigenvalue weighted by molar-refractivity contribution is 0.318. The lowest BCUT2D eigenvalue weighted by Crippen LogP contribution is -2.18. The molecule has 0 aliphatic heterocycles. The maximum absolute atomic E-state index is 8.74. The third-order valence-corrected chi connectivity index (χ3v) is 3.23. The number of benzene rings is 1. The first-order valence-electron chi connectivity index (χ1n) is 6.57. The number of rotatable bonds is 6. The van der Waals surface area contributed by atoms with E-state index in [1.165, 1.54) is 0 Å². The van der Waals surface area contributed by atoms with Gasteiger partial charge in [0.05, 0.1) is 25.0 Å². The third-order valence-electron chi connectivity index (χ3n) is 3.23. The first kappa shape index (κ1) is 14.9. The predicted octanol–water partition coefficient (Wildman–Crippen LogP) is 2.23. The molecule has 0 aliphatic rings. The zero-order chi connectivity index (χ0) is 15.2. The fraction of sp³-hybridized carbons (Fsp3) is 0.267. The Morgan fingerprint density at radius 3 is 2.90 bits per heavy atom. The van der Waals surface area contributed by atoms with Crippen LogP contribution < -0.4 is 15.8 Å². The second kappa shape index (κ2) is 6.81. The zero-order valence-corrected chi connectivity index (χ0v) is 12.0. The third kappa shape index (κ3) is 3.55. The van der Waals surface area contributed by atoms with Gasteiger partial charge in [0.1, 0.15) is 11.5 Å². The van der Waals surface area contributed by atoms with Crippen LogP contribution in [-0.2, 0) is 6.54 Å².